The first-order valence-corrected chi connectivity index (χ1v) is 6.53. The van der Waals surface area contributed by atoms with Gasteiger partial charge in [0.2, 0.25) is 0 Å². The van der Waals surface area contributed by atoms with Crippen LogP contribution in [0.2, 0.25) is 0 Å². The van der Waals surface area contributed by atoms with E-state index in [0.717, 1.165) is 5.92 Å². The molecule has 0 aromatic heterocycles. The summed E-state index contributed by atoms with van der Waals surface area (Å²) < 4.78 is 0. The summed E-state index contributed by atoms with van der Waals surface area (Å²) >= 11 is 0. The number of hydrogen-bond donors (Lipinski definition) is 1. The first kappa shape index (κ1) is 14.7. The average Bonchev–Trinajstić information content (AvgIpc) is 2.23. The highest BCUT2D eigenvalue weighted by molar-refractivity contribution is 4.96. The van der Waals surface area contributed by atoms with Crippen molar-refractivity contribution in [1.82, 2.24) is 5.32 Å². The molecule has 0 aliphatic rings. The Bertz CT molecular complexity index is 161. The van der Waals surface area contributed by atoms with Gasteiger partial charge in [-0.2, -0.15) is 0 Å². The van der Waals surface area contributed by atoms with Gasteiger partial charge in [0.15, 0.2) is 0 Å². The van der Waals surface area contributed by atoms with Crippen LogP contribution in [0.25, 0.3) is 0 Å². The Morgan fingerprint density at radius 3 is 2.60 bits per heavy atom. The highest BCUT2D eigenvalue weighted by Gasteiger charge is 2.02. The molecule has 1 unspecified atom stereocenters. The van der Waals surface area contributed by atoms with Gasteiger partial charge in [-0.25, -0.2) is 0 Å². The molecule has 0 saturated heterocycles. The molecule has 15 heavy (non-hydrogen) atoms. The molecule has 1 nitrogen and oxygen atoms in total. The van der Waals surface area contributed by atoms with Crippen molar-refractivity contribution in [3.05, 3.63) is 11.6 Å². The number of rotatable bonds is 9. The van der Waals surface area contributed by atoms with E-state index in [1.165, 1.54) is 50.8 Å². The van der Waals surface area contributed by atoms with Gasteiger partial charge in [0, 0.05) is 0 Å². The zero-order valence-electron chi connectivity index (χ0n) is 11.1. The van der Waals surface area contributed by atoms with Crippen LogP contribution in [0.4, 0.5) is 0 Å². The predicted octanol–water partition coefficient (Wildman–Crippen LogP) is 4.15. The summed E-state index contributed by atoms with van der Waals surface area (Å²) in [7, 11) is 0. The molecular formula is C14H29N. The van der Waals surface area contributed by atoms with E-state index in [0.29, 0.717) is 0 Å². The van der Waals surface area contributed by atoms with Gasteiger partial charge in [0.25, 0.3) is 0 Å². The summed E-state index contributed by atoms with van der Waals surface area (Å²) in [6.07, 6.45) is 8.84. The lowest BCUT2D eigenvalue weighted by Gasteiger charge is -2.11. The van der Waals surface area contributed by atoms with E-state index >= 15 is 0 Å². The lowest BCUT2D eigenvalue weighted by atomic mass is 9.96. The van der Waals surface area contributed by atoms with Crippen LogP contribution in [-0.4, -0.2) is 13.1 Å². The first-order valence-electron chi connectivity index (χ1n) is 6.53. The fourth-order valence-corrected chi connectivity index (χ4v) is 1.81. The SMILES string of the molecule is C/C=C(\C)CC(C)CCCCNCCC. The van der Waals surface area contributed by atoms with E-state index in [4.69, 9.17) is 0 Å². The van der Waals surface area contributed by atoms with Crippen molar-refractivity contribution in [2.45, 2.75) is 59.8 Å². The van der Waals surface area contributed by atoms with Crippen molar-refractivity contribution in [2.75, 3.05) is 13.1 Å². The van der Waals surface area contributed by atoms with Crippen LogP contribution in [0.5, 0.6) is 0 Å². The summed E-state index contributed by atoms with van der Waals surface area (Å²) in [4.78, 5) is 0. The van der Waals surface area contributed by atoms with Gasteiger partial charge in [0.05, 0.1) is 0 Å². The van der Waals surface area contributed by atoms with E-state index < -0.39 is 0 Å². The van der Waals surface area contributed by atoms with Crippen LogP contribution in [0.1, 0.15) is 59.8 Å². The minimum Gasteiger partial charge on any atom is -0.317 e. The third-order valence-corrected chi connectivity index (χ3v) is 2.89. The van der Waals surface area contributed by atoms with Gasteiger partial charge in [0.1, 0.15) is 0 Å². The Morgan fingerprint density at radius 2 is 2.00 bits per heavy atom. The largest absolute Gasteiger partial charge is 0.317 e. The van der Waals surface area contributed by atoms with Crippen molar-refractivity contribution in [3.63, 3.8) is 0 Å². The standard InChI is InChI=1S/C14H29N/c1-5-10-15-11-8-7-9-14(4)12-13(3)6-2/h6,14-15H,5,7-12H2,1-4H3/b13-6+. The topological polar surface area (TPSA) is 12.0 Å². The van der Waals surface area contributed by atoms with E-state index in [-0.39, 0.29) is 0 Å². The molecule has 0 spiro atoms. The molecule has 0 radical (unpaired) electrons. The zero-order valence-corrected chi connectivity index (χ0v) is 11.1. The van der Waals surface area contributed by atoms with E-state index in [2.05, 4.69) is 39.1 Å². The normalized spacial score (nSPS) is 14.3. The summed E-state index contributed by atoms with van der Waals surface area (Å²) in [5.74, 6) is 0.854. The molecule has 0 heterocycles. The Balaban J connectivity index is 3.27. The molecule has 1 heteroatoms. The Morgan fingerprint density at radius 1 is 1.27 bits per heavy atom. The number of unbranched alkanes of at least 4 members (excludes halogenated alkanes) is 1. The molecule has 0 bridgehead atoms. The molecule has 0 amide bonds. The average molecular weight is 211 g/mol. The van der Waals surface area contributed by atoms with Crippen molar-refractivity contribution < 1.29 is 0 Å². The monoisotopic (exact) mass is 211 g/mol. The summed E-state index contributed by atoms with van der Waals surface area (Å²) in [5, 5.41) is 3.45. The quantitative estimate of drug-likeness (QED) is 0.446. The maximum Gasteiger partial charge on any atom is -0.00489 e. The molecule has 1 N–H and O–H groups in total. The van der Waals surface area contributed by atoms with Gasteiger partial charge in [-0.1, -0.05) is 38.3 Å². The fraction of sp³-hybridized carbons (Fsp3) is 0.857. The van der Waals surface area contributed by atoms with E-state index in [1.807, 2.05) is 0 Å². The second-order valence-corrected chi connectivity index (χ2v) is 4.69. The Labute approximate surface area is 96.3 Å². The van der Waals surface area contributed by atoms with Crippen LogP contribution >= 0.6 is 0 Å². The lowest BCUT2D eigenvalue weighted by molar-refractivity contribution is 0.484. The van der Waals surface area contributed by atoms with Gasteiger partial charge < -0.3 is 5.32 Å². The fourth-order valence-electron chi connectivity index (χ4n) is 1.81. The smallest absolute Gasteiger partial charge is 0.00489 e. The predicted molar refractivity (Wildman–Crippen MR) is 70.2 cm³/mol. The molecule has 0 aromatic carbocycles. The molecule has 0 saturated carbocycles. The minimum absolute atomic E-state index is 0.854. The summed E-state index contributed by atoms with van der Waals surface area (Å²) in [5.41, 5.74) is 1.53. The number of nitrogens with one attached hydrogen (secondary N) is 1. The molecule has 1 atom stereocenters. The van der Waals surface area contributed by atoms with Crippen LogP contribution in [0, 0.1) is 5.92 Å². The highest BCUT2D eigenvalue weighted by atomic mass is 14.8. The van der Waals surface area contributed by atoms with Crippen LogP contribution < -0.4 is 5.32 Å². The van der Waals surface area contributed by atoms with E-state index in [1.54, 1.807) is 0 Å². The molecular weight excluding hydrogens is 182 g/mol. The van der Waals surface area contributed by atoms with Gasteiger partial charge in [-0.05, 0) is 52.1 Å². The van der Waals surface area contributed by atoms with Crippen LogP contribution in [-0.2, 0) is 0 Å². The summed E-state index contributed by atoms with van der Waals surface area (Å²) in [6.45, 7) is 11.3. The molecule has 0 aromatic rings. The van der Waals surface area contributed by atoms with Crippen molar-refractivity contribution >= 4 is 0 Å². The molecule has 0 aliphatic heterocycles. The Hall–Kier alpha value is -0.300. The number of allylic oxidation sites excluding steroid dienone is 2. The minimum atomic E-state index is 0.854. The van der Waals surface area contributed by atoms with Crippen LogP contribution in [0.3, 0.4) is 0 Å². The van der Waals surface area contributed by atoms with Gasteiger partial charge in [-0.15, -0.1) is 0 Å². The third-order valence-electron chi connectivity index (χ3n) is 2.89. The van der Waals surface area contributed by atoms with Crippen molar-refractivity contribution in [1.29, 1.82) is 0 Å². The second kappa shape index (κ2) is 10.2. The van der Waals surface area contributed by atoms with Crippen molar-refractivity contribution in [3.8, 4) is 0 Å². The summed E-state index contributed by atoms with van der Waals surface area (Å²) in [6, 6.07) is 0. The maximum absolute atomic E-state index is 3.45. The second-order valence-electron chi connectivity index (χ2n) is 4.69. The Kier molecular flexibility index (Phi) is 10.0. The van der Waals surface area contributed by atoms with E-state index in [9.17, 15) is 0 Å². The molecule has 0 aliphatic carbocycles. The highest BCUT2D eigenvalue weighted by Crippen LogP contribution is 2.16. The number of hydrogen-bond acceptors (Lipinski definition) is 1. The third kappa shape index (κ3) is 9.99. The zero-order chi connectivity index (χ0) is 11.5. The molecule has 90 valence electrons. The van der Waals surface area contributed by atoms with Crippen molar-refractivity contribution in [2.24, 2.45) is 5.92 Å². The molecule has 0 rings (SSSR count). The lowest BCUT2D eigenvalue weighted by Crippen LogP contribution is -2.15. The first-order chi connectivity index (χ1) is 7.20. The van der Waals surface area contributed by atoms with Gasteiger partial charge in [-0.3, -0.25) is 0 Å². The van der Waals surface area contributed by atoms with Gasteiger partial charge >= 0.3 is 0 Å². The van der Waals surface area contributed by atoms with Crippen LogP contribution in [0.15, 0.2) is 11.6 Å². The molecule has 0 fully saturated rings. The maximum atomic E-state index is 3.45.